The van der Waals surface area contributed by atoms with Gasteiger partial charge in [-0.1, -0.05) is 0 Å². The van der Waals surface area contributed by atoms with Crippen molar-refractivity contribution >= 4 is 21.9 Å². The minimum atomic E-state index is -1.03. The van der Waals surface area contributed by atoms with Crippen molar-refractivity contribution in [2.75, 3.05) is 6.61 Å². The van der Waals surface area contributed by atoms with Crippen LogP contribution < -0.4 is 4.74 Å². The summed E-state index contributed by atoms with van der Waals surface area (Å²) in [5.41, 5.74) is 0. The summed E-state index contributed by atoms with van der Waals surface area (Å²) in [7, 11) is 0. The molecule has 0 aliphatic heterocycles. The quantitative estimate of drug-likeness (QED) is 0.859. The molecular weight excluding hydrogens is 267 g/mol. The van der Waals surface area contributed by atoms with Crippen molar-refractivity contribution in [2.24, 2.45) is 0 Å². The maximum Gasteiger partial charge on any atom is 0.328 e. The van der Waals surface area contributed by atoms with Gasteiger partial charge in [0, 0.05) is 6.08 Å². The van der Waals surface area contributed by atoms with Crippen LogP contribution in [0.3, 0.4) is 0 Å². The van der Waals surface area contributed by atoms with Crippen molar-refractivity contribution in [3.05, 3.63) is 40.6 Å². The molecule has 0 amide bonds. The number of aliphatic carboxylic acids is 1. The molecule has 0 radical (unpaired) electrons. The van der Waals surface area contributed by atoms with Crippen molar-refractivity contribution in [3.8, 4) is 5.75 Å². The Morgan fingerprint density at radius 1 is 1.60 bits per heavy atom. The highest BCUT2D eigenvalue weighted by atomic mass is 79.9. The Kier molecular flexibility index (Phi) is 4.30. The number of carboxylic acids is 1. The van der Waals surface area contributed by atoms with Crippen molar-refractivity contribution in [1.29, 1.82) is 0 Å². The van der Waals surface area contributed by atoms with E-state index in [-0.39, 0.29) is 12.4 Å². The van der Waals surface area contributed by atoms with Crippen LogP contribution in [0.4, 0.5) is 4.39 Å². The number of hydrogen-bond donors (Lipinski definition) is 1. The Morgan fingerprint density at radius 2 is 2.33 bits per heavy atom. The predicted octanol–water partition coefficient (Wildman–Crippen LogP) is 2.61. The van der Waals surface area contributed by atoms with Gasteiger partial charge in [-0.05, 0) is 40.2 Å². The van der Waals surface area contributed by atoms with Crippen molar-refractivity contribution in [3.63, 3.8) is 0 Å². The van der Waals surface area contributed by atoms with Gasteiger partial charge in [0.15, 0.2) is 0 Å². The van der Waals surface area contributed by atoms with E-state index in [0.29, 0.717) is 10.2 Å². The first kappa shape index (κ1) is 11.7. The Labute approximate surface area is 94.3 Å². The summed E-state index contributed by atoms with van der Waals surface area (Å²) in [6, 6.07) is 4.01. The Balaban J connectivity index is 2.54. The van der Waals surface area contributed by atoms with E-state index in [4.69, 9.17) is 9.84 Å². The zero-order valence-corrected chi connectivity index (χ0v) is 9.20. The summed E-state index contributed by atoms with van der Waals surface area (Å²) >= 11 is 3.12. The first-order chi connectivity index (χ1) is 7.09. The van der Waals surface area contributed by atoms with Gasteiger partial charge in [0.25, 0.3) is 0 Å². The molecule has 3 nitrogen and oxygen atoms in total. The fourth-order valence-electron chi connectivity index (χ4n) is 0.879. The second-order valence-corrected chi connectivity index (χ2v) is 3.48. The van der Waals surface area contributed by atoms with Crippen molar-refractivity contribution in [1.82, 2.24) is 0 Å². The van der Waals surface area contributed by atoms with Gasteiger partial charge in [-0.15, -0.1) is 0 Å². The second kappa shape index (κ2) is 5.50. The molecule has 5 heteroatoms. The normalized spacial score (nSPS) is 10.5. The van der Waals surface area contributed by atoms with Crippen LogP contribution in [0.5, 0.6) is 5.75 Å². The molecule has 0 fully saturated rings. The Morgan fingerprint density at radius 3 is 2.93 bits per heavy atom. The molecule has 0 atom stereocenters. The number of ether oxygens (including phenoxy) is 1. The van der Waals surface area contributed by atoms with Gasteiger partial charge in [-0.25, -0.2) is 9.18 Å². The van der Waals surface area contributed by atoms with E-state index in [1.165, 1.54) is 24.3 Å². The third kappa shape index (κ3) is 4.12. The first-order valence-corrected chi connectivity index (χ1v) is 4.86. The summed E-state index contributed by atoms with van der Waals surface area (Å²) in [6.45, 7) is 0.122. The molecule has 0 bridgehead atoms. The number of hydrogen-bond acceptors (Lipinski definition) is 2. The number of carbonyl (C=O) groups is 1. The minimum absolute atomic E-state index is 0.122. The molecule has 1 aromatic rings. The lowest BCUT2D eigenvalue weighted by Gasteiger charge is -2.04. The lowest BCUT2D eigenvalue weighted by atomic mass is 10.3. The fraction of sp³-hybridized carbons (Fsp3) is 0.100. The van der Waals surface area contributed by atoms with E-state index in [2.05, 4.69) is 15.9 Å². The van der Waals surface area contributed by atoms with Crippen molar-refractivity contribution in [2.45, 2.75) is 0 Å². The third-order valence-electron chi connectivity index (χ3n) is 1.49. The maximum absolute atomic E-state index is 12.7. The fourth-order valence-corrected chi connectivity index (χ4v) is 1.34. The average molecular weight is 275 g/mol. The molecule has 1 aromatic carbocycles. The van der Waals surface area contributed by atoms with Gasteiger partial charge in [0.2, 0.25) is 0 Å². The largest absolute Gasteiger partial charge is 0.488 e. The summed E-state index contributed by atoms with van der Waals surface area (Å²) in [5, 5.41) is 8.30. The van der Waals surface area contributed by atoms with E-state index in [1.54, 1.807) is 0 Å². The van der Waals surface area contributed by atoms with Crippen molar-refractivity contribution < 1.29 is 19.0 Å². The molecule has 0 heterocycles. The van der Waals surface area contributed by atoms with E-state index in [9.17, 15) is 9.18 Å². The second-order valence-electron chi connectivity index (χ2n) is 2.63. The van der Waals surface area contributed by atoms with Gasteiger partial charge in [0.1, 0.15) is 18.2 Å². The van der Waals surface area contributed by atoms with Crippen LogP contribution in [0.1, 0.15) is 0 Å². The molecule has 0 saturated carbocycles. The lowest BCUT2D eigenvalue weighted by Crippen LogP contribution is -1.96. The van der Waals surface area contributed by atoms with Crippen LogP contribution in [0.15, 0.2) is 34.8 Å². The van der Waals surface area contributed by atoms with Crippen LogP contribution in [0, 0.1) is 5.82 Å². The van der Waals surface area contributed by atoms with E-state index >= 15 is 0 Å². The van der Waals surface area contributed by atoms with Crippen LogP contribution >= 0.6 is 15.9 Å². The highest BCUT2D eigenvalue weighted by molar-refractivity contribution is 9.10. The highest BCUT2D eigenvalue weighted by Gasteiger charge is 2.01. The number of carboxylic acid groups (broad SMARTS) is 1. The Bertz CT molecular complexity index is 390. The van der Waals surface area contributed by atoms with Gasteiger partial charge < -0.3 is 9.84 Å². The maximum atomic E-state index is 12.7. The Hall–Kier alpha value is -1.36. The molecule has 0 unspecified atom stereocenters. The minimum Gasteiger partial charge on any atom is -0.488 e. The summed E-state index contributed by atoms with van der Waals surface area (Å²) < 4.78 is 18.3. The zero-order chi connectivity index (χ0) is 11.3. The molecule has 1 N–H and O–H groups in total. The molecule has 0 spiro atoms. The van der Waals surface area contributed by atoms with Gasteiger partial charge in [0.05, 0.1) is 4.47 Å². The van der Waals surface area contributed by atoms with E-state index in [0.717, 1.165) is 6.08 Å². The molecule has 0 aromatic heterocycles. The molecule has 0 aliphatic rings. The standard InChI is InChI=1S/C10H8BrFO3/c11-8-6-7(12)3-4-9(8)15-5-1-2-10(13)14/h1-4,6H,5H2,(H,13,14)/b2-1+. The van der Waals surface area contributed by atoms with Gasteiger partial charge in [-0.3, -0.25) is 0 Å². The average Bonchev–Trinajstić information content (AvgIpc) is 2.14. The molecule has 15 heavy (non-hydrogen) atoms. The zero-order valence-electron chi connectivity index (χ0n) is 7.61. The predicted molar refractivity (Wildman–Crippen MR) is 56.4 cm³/mol. The molecule has 80 valence electrons. The number of benzene rings is 1. The van der Waals surface area contributed by atoms with Gasteiger partial charge >= 0.3 is 5.97 Å². The topological polar surface area (TPSA) is 46.5 Å². The molecule has 0 saturated heterocycles. The van der Waals surface area contributed by atoms with Crippen LogP contribution in [-0.2, 0) is 4.79 Å². The van der Waals surface area contributed by atoms with Crippen LogP contribution in [-0.4, -0.2) is 17.7 Å². The summed E-state index contributed by atoms with van der Waals surface area (Å²) in [5.74, 6) is -0.932. The summed E-state index contributed by atoms with van der Waals surface area (Å²) in [6.07, 6.45) is 2.34. The molecule has 1 rings (SSSR count). The van der Waals surface area contributed by atoms with Crippen LogP contribution in [0.2, 0.25) is 0 Å². The number of rotatable bonds is 4. The third-order valence-corrected chi connectivity index (χ3v) is 2.11. The SMILES string of the molecule is O=C(O)/C=C/COc1ccc(F)cc1Br. The highest BCUT2D eigenvalue weighted by Crippen LogP contribution is 2.25. The number of halogens is 2. The smallest absolute Gasteiger partial charge is 0.328 e. The molecule has 0 aliphatic carbocycles. The van der Waals surface area contributed by atoms with Crippen LogP contribution in [0.25, 0.3) is 0 Å². The monoisotopic (exact) mass is 274 g/mol. The summed E-state index contributed by atoms with van der Waals surface area (Å²) in [4.78, 5) is 10.1. The van der Waals surface area contributed by atoms with E-state index in [1.807, 2.05) is 0 Å². The van der Waals surface area contributed by atoms with E-state index < -0.39 is 5.97 Å². The lowest BCUT2D eigenvalue weighted by molar-refractivity contribution is -0.131. The first-order valence-electron chi connectivity index (χ1n) is 4.07. The van der Waals surface area contributed by atoms with Gasteiger partial charge in [-0.2, -0.15) is 0 Å². The molecular formula is C10H8BrFO3.